The van der Waals surface area contributed by atoms with Crippen LogP contribution in [0.2, 0.25) is 0 Å². The number of hydrogen-bond donors (Lipinski definition) is 1. The summed E-state index contributed by atoms with van der Waals surface area (Å²) in [6.07, 6.45) is 3.47. The number of ether oxygens (including phenoxy) is 1. The molecule has 2 fully saturated rings. The summed E-state index contributed by atoms with van der Waals surface area (Å²) in [5.74, 6) is 0.0573. The summed E-state index contributed by atoms with van der Waals surface area (Å²) >= 11 is 0. The van der Waals surface area contributed by atoms with Gasteiger partial charge in [0.15, 0.2) is 0 Å². The lowest BCUT2D eigenvalue weighted by Gasteiger charge is -2.21. The van der Waals surface area contributed by atoms with Gasteiger partial charge < -0.3 is 15.0 Å². The molecule has 5 heteroatoms. The first kappa shape index (κ1) is 12.6. The van der Waals surface area contributed by atoms with Gasteiger partial charge in [-0.25, -0.2) is 0 Å². The normalized spacial score (nSPS) is 29.2. The highest BCUT2D eigenvalue weighted by Gasteiger charge is 2.42. The molecule has 3 heterocycles. The molecule has 1 aromatic rings. The van der Waals surface area contributed by atoms with Crippen LogP contribution in [-0.2, 0) is 16.1 Å². The fourth-order valence-corrected chi connectivity index (χ4v) is 2.86. The van der Waals surface area contributed by atoms with Gasteiger partial charge in [-0.2, -0.15) is 0 Å². The lowest BCUT2D eigenvalue weighted by Crippen LogP contribution is -2.37. The first-order valence-corrected chi connectivity index (χ1v) is 6.78. The van der Waals surface area contributed by atoms with Crippen LogP contribution >= 0.6 is 0 Å². The minimum absolute atomic E-state index is 0.0573. The van der Waals surface area contributed by atoms with Crippen LogP contribution in [0.15, 0.2) is 24.4 Å². The average Bonchev–Trinajstić information content (AvgIpc) is 2.99. The van der Waals surface area contributed by atoms with Crippen molar-refractivity contribution in [2.24, 2.45) is 0 Å². The Labute approximate surface area is 113 Å². The number of rotatable bonds is 3. The largest absolute Gasteiger partial charge is 0.363 e. The fraction of sp³-hybridized carbons (Fsp3) is 0.571. The molecule has 1 amide bonds. The number of nitrogens with one attached hydrogen (secondary N) is 1. The van der Waals surface area contributed by atoms with Gasteiger partial charge >= 0.3 is 0 Å². The lowest BCUT2D eigenvalue weighted by molar-refractivity contribution is -0.142. The maximum absolute atomic E-state index is 12.3. The second-order valence-corrected chi connectivity index (χ2v) is 5.26. The molecule has 5 nitrogen and oxygen atoms in total. The van der Waals surface area contributed by atoms with Gasteiger partial charge in [0, 0.05) is 25.7 Å². The number of hydrogen-bond acceptors (Lipinski definition) is 4. The van der Waals surface area contributed by atoms with Crippen molar-refractivity contribution in [3.63, 3.8) is 0 Å². The van der Waals surface area contributed by atoms with Gasteiger partial charge in [0.1, 0.15) is 6.10 Å². The molecule has 0 saturated carbocycles. The van der Waals surface area contributed by atoms with Crippen LogP contribution in [0.1, 0.15) is 18.5 Å². The van der Waals surface area contributed by atoms with Gasteiger partial charge in [-0.3, -0.25) is 9.78 Å². The summed E-state index contributed by atoms with van der Waals surface area (Å²) in [7, 11) is 1.81. The first-order valence-electron chi connectivity index (χ1n) is 6.78. The molecule has 1 N–H and O–H groups in total. The molecule has 0 unspecified atom stereocenters. The quantitative estimate of drug-likeness (QED) is 0.864. The molecule has 2 aliphatic heterocycles. The summed E-state index contributed by atoms with van der Waals surface area (Å²) in [5.41, 5.74) is 0.898. The summed E-state index contributed by atoms with van der Waals surface area (Å²) in [5, 5.41) is 3.38. The van der Waals surface area contributed by atoms with Crippen molar-refractivity contribution in [3.05, 3.63) is 30.1 Å². The topological polar surface area (TPSA) is 54.5 Å². The van der Waals surface area contributed by atoms with E-state index >= 15 is 0 Å². The monoisotopic (exact) mass is 261 g/mol. The second-order valence-electron chi connectivity index (χ2n) is 5.26. The van der Waals surface area contributed by atoms with Gasteiger partial charge in [0.2, 0.25) is 0 Å². The molecule has 0 spiro atoms. The van der Waals surface area contributed by atoms with Crippen molar-refractivity contribution >= 4 is 5.91 Å². The number of aromatic nitrogens is 1. The van der Waals surface area contributed by atoms with E-state index in [0.29, 0.717) is 12.6 Å². The van der Waals surface area contributed by atoms with Crippen molar-refractivity contribution in [1.29, 1.82) is 0 Å². The molecule has 3 rings (SSSR count). The molecule has 1 aromatic heterocycles. The van der Waals surface area contributed by atoms with E-state index in [-0.39, 0.29) is 18.1 Å². The fourth-order valence-electron chi connectivity index (χ4n) is 2.86. The van der Waals surface area contributed by atoms with E-state index in [4.69, 9.17) is 4.74 Å². The average molecular weight is 261 g/mol. The SMILES string of the molecule is CN(Cc1ccccn1)C(=O)[C@H]1C[C@H]2NCC[C@H]2O1. The van der Waals surface area contributed by atoms with Crippen LogP contribution in [0.4, 0.5) is 0 Å². The molecule has 3 atom stereocenters. The van der Waals surface area contributed by atoms with E-state index in [1.807, 2.05) is 25.2 Å². The highest BCUT2D eigenvalue weighted by atomic mass is 16.5. The third-order valence-electron chi connectivity index (χ3n) is 3.87. The predicted octanol–water partition coefficient (Wildman–Crippen LogP) is 0.559. The van der Waals surface area contributed by atoms with Crippen LogP contribution in [0.3, 0.4) is 0 Å². The summed E-state index contributed by atoms with van der Waals surface area (Å²) in [6, 6.07) is 6.09. The molecule has 0 bridgehead atoms. The number of fused-ring (bicyclic) bond motifs is 1. The molecule has 2 saturated heterocycles. The van der Waals surface area contributed by atoms with Crippen molar-refractivity contribution in [2.75, 3.05) is 13.6 Å². The summed E-state index contributed by atoms with van der Waals surface area (Å²) in [4.78, 5) is 18.3. The Kier molecular flexibility index (Phi) is 3.48. The van der Waals surface area contributed by atoms with E-state index in [1.54, 1.807) is 11.1 Å². The van der Waals surface area contributed by atoms with E-state index in [9.17, 15) is 4.79 Å². The predicted molar refractivity (Wildman–Crippen MR) is 70.4 cm³/mol. The van der Waals surface area contributed by atoms with E-state index in [1.165, 1.54) is 0 Å². The third-order valence-corrected chi connectivity index (χ3v) is 3.87. The van der Waals surface area contributed by atoms with E-state index in [0.717, 1.165) is 25.1 Å². The van der Waals surface area contributed by atoms with Gasteiger partial charge in [0.05, 0.1) is 18.3 Å². The van der Waals surface area contributed by atoms with Crippen molar-refractivity contribution in [2.45, 2.75) is 37.6 Å². The zero-order chi connectivity index (χ0) is 13.2. The van der Waals surface area contributed by atoms with Crippen molar-refractivity contribution in [1.82, 2.24) is 15.2 Å². The zero-order valence-corrected chi connectivity index (χ0v) is 11.1. The van der Waals surface area contributed by atoms with E-state index in [2.05, 4.69) is 10.3 Å². The Morgan fingerprint density at radius 1 is 1.58 bits per heavy atom. The summed E-state index contributed by atoms with van der Waals surface area (Å²) < 4.78 is 5.83. The van der Waals surface area contributed by atoms with Gasteiger partial charge in [-0.05, 0) is 25.1 Å². The molecule has 0 aromatic carbocycles. The molecule has 2 aliphatic rings. The van der Waals surface area contributed by atoms with Crippen LogP contribution < -0.4 is 5.32 Å². The van der Waals surface area contributed by atoms with Crippen molar-refractivity contribution in [3.8, 4) is 0 Å². The highest BCUT2D eigenvalue weighted by Crippen LogP contribution is 2.27. The number of carbonyl (C=O) groups excluding carboxylic acids is 1. The Hall–Kier alpha value is -1.46. The van der Waals surface area contributed by atoms with Gasteiger partial charge in [-0.1, -0.05) is 6.07 Å². The maximum Gasteiger partial charge on any atom is 0.251 e. The highest BCUT2D eigenvalue weighted by molar-refractivity contribution is 5.81. The van der Waals surface area contributed by atoms with Crippen LogP contribution in [0.5, 0.6) is 0 Å². The second kappa shape index (κ2) is 5.27. The third kappa shape index (κ3) is 2.62. The minimum Gasteiger partial charge on any atom is -0.363 e. The zero-order valence-electron chi connectivity index (χ0n) is 11.1. The standard InChI is InChI=1S/C14H19N3O2/c1-17(9-10-4-2-3-6-15-10)14(18)13-8-11-12(19-13)5-7-16-11/h2-4,6,11-13,16H,5,7-9H2,1H3/t11-,12-,13-/m1/s1. The molecular formula is C14H19N3O2. The smallest absolute Gasteiger partial charge is 0.251 e. The summed E-state index contributed by atoms with van der Waals surface area (Å²) in [6.45, 7) is 1.53. The molecule has 19 heavy (non-hydrogen) atoms. The Bertz CT molecular complexity index is 439. The molecule has 0 aliphatic carbocycles. The Balaban J connectivity index is 1.58. The van der Waals surface area contributed by atoms with Crippen LogP contribution in [-0.4, -0.2) is 47.6 Å². The molecule has 0 radical (unpaired) electrons. The van der Waals surface area contributed by atoms with Crippen molar-refractivity contribution < 1.29 is 9.53 Å². The van der Waals surface area contributed by atoms with Crippen LogP contribution in [0, 0.1) is 0 Å². The number of pyridine rings is 1. The number of likely N-dealkylation sites (N-methyl/N-ethyl adjacent to an activating group) is 1. The first-order chi connectivity index (χ1) is 9.24. The molecular weight excluding hydrogens is 242 g/mol. The minimum atomic E-state index is -0.295. The number of amides is 1. The Morgan fingerprint density at radius 3 is 3.21 bits per heavy atom. The number of nitrogens with zero attached hydrogens (tertiary/aromatic N) is 2. The van der Waals surface area contributed by atoms with Gasteiger partial charge in [0.25, 0.3) is 5.91 Å². The van der Waals surface area contributed by atoms with Crippen LogP contribution in [0.25, 0.3) is 0 Å². The Morgan fingerprint density at radius 2 is 2.47 bits per heavy atom. The molecule has 102 valence electrons. The number of carbonyl (C=O) groups is 1. The lowest BCUT2D eigenvalue weighted by atomic mass is 10.1. The van der Waals surface area contributed by atoms with E-state index < -0.39 is 0 Å². The van der Waals surface area contributed by atoms with Gasteiger partial charge in [-0.15, -0.1) is 0 Å². The maximum atomic E-state index is 12.3.